The standard InChI is InChI=1S/C25H18ClN3O7S/c1-34-21-11-6-17(26)13-20(21)23-27-28-25(36-23)37-22(24(30)31)12-15-4-9-19(10-5-15)35-14-16-2-7-18(8-3-16)29(32)33/h2-13H,14H2,1H3,(H,30,31)/b22-12-. The number of aliphatic carboxylic acids is 1. The number of nitro groups is 1. The minimum atomic E-state index is -1.16. The van der Waals surface area contributed by atoms with Crippen LogP contribution < -0.4 is 9.47 Å². The van der Waals surface area contributed by atoms with Crippen LogP contribution in [0.4, 0.5) is 5.69 Å². The molecule has 1 heterocycles. The van der Waals surface area contributed by atoms with Crippen molar-refractivity contribution < 1.29 is 28.7 Å². The fraction of sp³-hybridized carbons (Fsp3) is 0.0800. The summed E-state index contributed by atoms with van der Waals surface area (Å²) in [5.41, 5.74) is 1.88. The van der Waals surface area contributed by atoms with Crippen molar-refractivity contribution in [2.45, 2.75) is 11.8 Å². The van der Waals surface area contributed by atoms with E-state index in [1.165, 1.54) is 25.3 Å². The number of non-ortho nitro benzene ring substituents is 1. The summed E-state index contributed by atoms with van der Waals surface area (Å²) in [6.45, 7) is 0.223. The Hall–Kier alpha value is -4.35. The first-order chi connectivity index (χ1) is 17.8. The summed E-state index contributed by atoms with van der Waals surface area (Å²) in [5.74, 6) is 0.0104. The number of hydrogen-bond acceptors (Lipinski definition) is 9. The van der Waals surface area contributed by atoms with Gasteiger partial charge in [0.25, 0.3) is 16.8 Å². The Bertz CT molecular complexity index is 1450. The molecule has 12 heteroatoms. The summed E-state index contributed by atoms with van der Waals surface area (Å²) in [6.07, 6.45) is 1.47. The van der Waals surface area contributed by atoms with Crippen molar-refractivity contribution in [3.63, 3.8) is 0 Å². The molecular weight excluding hydrogens is 522 g/mol. The number of thioether (sulfide) groups is 1. The van der Waals surface area contributed by atoms with Gasteiger partial charge in [0.15, 0.2) is 0 Å². The lowest BCUT2D eigenvalue weighted by atomic mass is 10.2. The predicted octanol–water partition coefficient (Wildman–Crippen LogP) is 6.10. The lowest BCUT2D eigenvalue weighted by Gasteiger charge is -2.07. The fourth-order valence-corrected chi connectivity index (χ4v) is 3.97. The quantitative estimate of drug-likeness (QED) is 0.109. The van der Waals surface area contributed by atoms with E-state index in [-0.39, 0.29) is 28.3 Å². The number of ether oxygens (including phenoxy) is 2. The van der Waals surface area contributed by atoms with Gasteiger partial charge in [-0.25, -0.2) is 4.79 Å². The molecule has 0 aliphatic carbocycles. The molecule has 3 aromatic carbocycles. The third-order valence-electron chi connectivity index (χ3n) is 4.94. The van der Waals surface area contributed by atoms with Crippen molar-refractivity contribution in [1.29, 1.82) is 0 Å². The van der Waals surface area contributed by atoms with Crippen molar-refractivity contribution in [2.24, 2.45) is 0 Å². The van der Waals surface area contributed by atoms with Crippen LogP contribution in [0.5, 0.6) is 11.5 Å². The average molecular weight is 540 g/mol. The number of aromatic nitrogens is 2. The van der Waals surface area contributed by atoms with Crippen LogP contribution in [0, 0.1) is 10.1 Å². The van der Waals surface area contributed by atoms with Crippen LogP contribution >= 0.6 is 23.4 Å². The third kappa shape index (κ3) is 6.66. The largest absolute Gasteiger partial charge is 0.496 e. The van der Waals surface area contributed by atoms with E-state index >= 15 is 0 Å². The Morgan fingerprint density at radius 1 is 1.14 bits per heavy atom. The van der Waals surface area contributed by atoms with Crippen LogP contribution in [0.25, 0.3) is 17.5 Å². The molecule has 0 amide bonds. The second-order valence-corrected chi connectivity index (χ2v) is 8.84. The van der Waals surface area contributed by atoms with Gasteiger partial charge in [-0.1, -0.05) is 23.7 Å². The molecular formula is C25H18ClN3O7S. The van der Waals surface area contributed by atoms with E-state index in [0.29, 0.717) is 27.6 Å². The molecule has 188 valence electrons. The Balaban J connectivity index is 1.44. The Morgan fingerprint density at radius 3 is 2.51 bits per heavy atom. The van der Waals surface area contributed by atoms with Gasteiger partial charge < -0.3 is 19.0 Å². The van der Waals surface area contributed by atoms with Gasteiger partial charge in [-0.2, -0.15) is 0 Å². The van der Waals surface area contributed by atoms with Crippen LogP contribution in [0.2, 0.25) is 5.02 Å². The van der Waals surface area contributed by atoms with Gasteiger partial charge in [0.2, 0.25) is 0 Å². The monoisotopic (exact) mass is 539 g/mol. The SMILES string of the molecule is COc1ccc(Cl)cc1-c1nnc(S/C(=C\c2ccc(OCc3ccc([N+](=O)[O-])cc3)cc2)C(=O)O)o1. The van der Waals surface area contributed by atoms with Gasteiger partial charge in [0, 0.05) is 17.2 Å². The van der Waals surface area contributed by atoms with Crippen LogP contribution in [0.3, 0.4) is 0 Å². The zero-order valence-electron chi connectivity index (χ0n) is 19.2. The minimum absolute atomic E-state index is 0.00735. The second kappa shape index (κ2) is 11.6. The van der Waals surface area contributed by atoms with Crippen LogP contribution in [0.15, 0.2) is 81.3 Å². The van der Waals surface area contributed by atoms with Crippen molar-refractivity contribution >= 4 is 41.1 Å². The number of benzene rings is 3. The second-order valence-electron chi connectivity index (χ2n) is 7.41. The van der Waals surface area contributed by atoms with Crippen molar-refractivity contribution in [1.82, 2.24) is 10.2 Å². The van der Waals surface area contributed by atoms with E-state index in [4.69, 9.17) is 25.5 Å². The molecule has 10 nitrogen and oxygen atoms in total. The molecule has 0 radical (unpaired) electrons. The zero-order chi connectivity index (χ0) is 26.4. The van der Waals surface area contributed by atoms with Crippen molar-refractivity contribution in [3.8, 4) is 23.0 Å². The number of methoxy groups -OCH3 is 1. The molecule has 1 N–H and O–H groups in total. The van der Waals surface area contributed by atoms with E-state index in [1.807, 2.05) is 0 Å². The average Bonchev–Trinajstić information content (AvgIpc) is 3.36. The summed E-state index contributed by atoms with van der Waals surface area (Å²) < 4.78 is 16.6. The fourth-order valence-electron chi connectivity index (χ4n) is 3.13. The first kappa shape index (κ1) is 25.7. The zero-order valence-corrected chi connectivity index (χ0v) is 20.7. The normalized spacial score (nSPS) is 11.2. The highest BCUT2D eigenvalue weighted by molar-refractivity contribution is 8.03. The van der Waals surface area contributed by atoms with E-state index in [9.17, 15) is 20.0 Å². The van der Waals surface area contributed by atoms with Crippen LogP contribution in [0.1, 0.15) is 11.1 Å². The molecule has 0 atom stereocenters. The molecule has 1 aromatic heterocycles. The number of carboxylic acids is 1. The van der Waals surface area contributed by atoms with Gasteiger partial charge in [-0.15, -0.1) is 10.2 Å². The summed E-state index contributed by atoms with van der Waals surface area (Å²) in [4.78, 5) is 22.1. The molecule has 0 fully saturated rings. The van der Waals surface area contributed by atoms with Gasteiger partial charge >= 0.3 is 5.97 Å². The molecule has 4 aromatic rings. The van der Waals surface area contributed by atoms with E-state index in [1.54, 1.807) is 54.6 Å². The molecule has 0 saturated carbocycles. The molecule has 0 saturated heterocycles. The van der Waals surface area contributed by atoms with Gasteiger partial charge in [0.05, 0.1) is 17.6 Å². The molecule has 0 aliphatic heterocycles. The van der Waals surface area contributed by atoms with Gasteiger partial charge in [0.1, 0.15) is 23.0 Å². The highest BCUT2D eigenvalue weighted by Crippen LogP contribution is 2.35. The Morgan fingerprint density at radius 2 is 1.86 bits per heavy atom. The number of hydrogen-bond donors (Lipinski definition) is 1. The van der Waals surface area contributed by atoms with E-state index in [0.717, 1.165) is 17.3 Å². The third-order valence-corrected chi connectivity index (χ3v) is 6.02. The Labute approximate surface area is 219 Å². The van der Waals surface area contributed by atoms with Crippen LogP contribution in [-0.4, -0.2) is 33.3 Å². The first-order valence-corrected chi connectivity index (χ1v) is 11.8. The van der Waals surface area contributed by atoms with E-state index < -0.39 is 10.9 Å². The molecule has 0 spiro atoms. The molecule has 37 heavy (non-hydrogen) atoms. The topological polar surface area (TPSA) is 138 Å². The molecule has 0 aliphatic rings. The summed E-state index contributed by atoms with van der Waals surface area (Å²) >= 11 is 6.86. The van der Waals surface area contributed by atoms with Crippen molar-refractivity contribution in [2.75, 3.05) is 7.11 Å². The smallest absolute Gasteiger partial charge is 0.342 e. The summed E-state index contributed by atoms with van der Waals surface area (Å²) in [5, 5.41) is 28.8. The maximum atomic E-state index is 11.8. The summed E-state index contributed by atoms with van der Waals surface area (Å²) in [6, 6.07) is 17.8. The van der Waals surface area contributed by atoms with Crippen LogP contribution in [-0.2, 0) is 11.4 Å². The number of carbonyl (C=O) groups is 1. The lowest BCUT2D eigenvalue weighted by molar-refractivity contribution is -0.384. The highest BCUT2D eigenvalue weighted by atomic mass is 35.5. The molecule has 4 rings (SSSR count). The number of carboxylic acid groups (broad SMARTS) is 1. The van der Waals surface area contributed by atoms with Gasteiger partial charge in [-0.3, -0.25) is 10.1 Å². The van der Waals surface area contributed by atoms with Crippen molar-refractivity contribution in [3.05, 3.63) is 97.9 Å². The number of halogens is 1. The predicted molar refractivity (Wildman–Crippen MR) is 137 cm³/mol. The van der Waals surface area contributed by atoms with Gasteiger partial charge in [-0.05, 0) is 71.4 Å². The summed E-state index contributed by atoms with van der Waals surface area (Å²) in [7, 11) is 1.50. The first-order valence-electron chi connectivity index (χ1n) is 10.6. The number of rotatable bonds is 10. The maximum absolute atomic E-state index is 11.8. The molecule has 0 unspecified atom stereocenters. The Kier molecular flexibility index (Phi) is 8.06. The number of nitrogens with zero attached hydrogens (tertiary/aromatic N) is 3. The molecule has 0 bridgehead atoms. The maximum Gasteiger partial charge on any atom is 0.342 e. The number of nitro benzene ring substituents is 1. The van der Waals surface area contributed by atoms with E-state index in [2.05, 4.69) is 10.2 Å². The minimum Gasteiger partial charge on any atom is -0.496 e. The highest BCUT2D eigenvalue weighted by Gasteiger charge is 2.18. The lowest BCUT2D eigenvalue weighted by Crippen LogP contribution is -1.97.